The molecule has 1 aliphatic carbocycles. The third-order valence-electron chi connectivity index (χ3n) is 4.67. The lowest BCUT2D eigenvalue weighted by atomic mass is 9.88. The summed E-state index contributed by atoms with van der Waals surface area (Å²) in [5.74, 6) is 0.687. The zero-order valence-corrected chi connectivity index (χ0v) is 14.2. The fourth-order valence-electron chi connectivity index (χ4n) is 3.24. The van der Waals surface area contributed by atoms with Crippen LogP contribution in [0.2, 0.25) is 0 Å². The first-order chi connectivity index (χ1) is 11.7. The van der Waals surface area contributed by atoms with E-state index in [9.17, 15) is 5.11 Å². The SMILES string of the molecule is CCc1ccc(NC(N)=NCc2c(O)ccc3c2CCCC3)cc1. The molecule has 0 unspecified atom stereocenters. The number of phenolic OH excluding ortho intramolecular Hbond substituents is 1. The van der Waals surface area contributed by atoms with Crippen molar-refractivity contribution in [3.05, 3.63) is 58.7 Å². The van der Waals surface area contributed by atoms with Crippen LogP contribution in [0.1, 0.15) is 42.0 Å². The number of nitrogens with two attached hydrogens (primary N) is 1. The van der Waals surface area contributed by atoms with Crippen LogP contribution in [0, 0.1) is 0 Å². The number of guanidine groups is 1. The van der Waals surface area contributed by atoms with Crippen molar-refractivity contribution < 1.29 is 5.11 Å². The summed E-state index contributed by atoms with van der Waals surface area (Å²) in [4.78, 5) is 4.42. The Balaban J connectivity index is 1.72. The molecular formula is C20H25N3O. The van der Waals surface area contributed by atoms with Gasteiger partial charge in [-0.1, -0.05) is 25.1 Å². The molecule has 0 atom stereocenters. The van der Waals surface area contributed by atoms with E-state index in [0.717, 1.165) is 30.5 Å². The Morgan fingerprint density at radius 1 is 1.12 bits per heavy atom. The molecule has 0 radical (unpaired) electrons. The van der Waals surface area contributed by atoms with Crippen molar-refractivity contribution in [1.29, 1.82) is 0 Å². The Kier molecular flexibility index (Phi) is 5.04. The maximum atomic E-state index is 10.2. The lowest BCUT2D eigenvalue weighted by molar-refractivity contribution is 0.465. The molecule has 0 heterocycles. The minimum atomic E-state index is 0.319. The van der Waals surface area contributed by atoms with Crippen molar-refractivity contribution in [2.75, 3.05) is 5.32 Å². The number of rotatable bonds is 4. The lowest BCUT2D eigenvalue weighted by Gasteiger charge is -2.19. The van der Waals surface area contributed by atoms with Crippen LogP contribution in [0.3, 0.4) is 0 Å². The highest BCUT2D eigenvalue weighted by Gasteiger charge is 2.16. The third-order valence-corrected chi connectivity index (χ3v) is 4.67. The first-order valence-corrected chi connectivity index (χ1v) is 8.66. The van der Waals surface area contributed by atoms with Gasteiger partial charge in [-0.05, 0) is 67.0 Å². The van der Waals surface area contributed by atoms with Crippen molar-refractivity contribution in [3.63, 3.8) is 0 Å². The van der Waals surface area contributed by atoms with E-state index in [1.165, 1.54) is 29.5 Å². The summed E-state index contributed by atoms with van der Waals surface area (Å²) < 4.78 is 0. The molecule has 2 aromatic carbocycles. The third kappa shape index (κ3) is 3.70. The first-order valence-electron chi connectivity index (χ1n) is 8.66. The fourth-order valence-corrected chi connectivity index (χ4v) is 3.24. The highest BCUT2D eigenvalue weighted by atomic mass is 16.3. The molecule has 4 N–H and O–H groups in total. The van der Waals surface area contributed by atoms with Gasteiger partial charge in [0.25, 0.3) is 0 Å². The smallest absolute Gasteiger partial charge is 0.193 e. The normalized spacial score (nSPS) is 14.3. The van der Waals surface area contributed by atoms with Crippen molar-refractivity contribution in [3.8, 4) is 5.75 Å². The summed E-state index contributed by atoms with van der Waals surface area (Å²) in [6, 6.07) is 12.0. The van der Waals surface area contributed by atoms with Gasteiger partial charge in [-0.2, -0.15) is 0 Å². The topological polar surface area (TPSA) is 70.6 Å². The van der Waals surface area contributed by atoms with Gasteiger partial charge in [0.2, 0.25) is 0 Å². The van der Waals surface area contributed by atoms with Gasteiger partial charge in [-0.3, -0.25) is 0 Å². The van der Waals surface area contributed by atoms with Crippen LogP contribution in [0.15, 0.2) is 41.4 Å². The molecule has 4 heteroatoms. The zero-order valence-electron chi connectivity index (χ0n) is 14.2. The van der Waals surface area contributed by atoms with Gasteiger partial charge in [-0.25, -0.2) is 4.99 Å². The van der Waals surface area contributed by atoms with Crippen LogP contribution in [-0.2, 0) is 25.8 Å². The second-order valence-electron chi connectivity index (χ2n) is 6.28. The average molecular weight is 323 g/mol. The van der Waals surface area contributed by atoms with E-state index in [-0.39, 0.29) is 0 Å². The number of aromatic hydroxyl groups is 1. The number of aliphatic imine (C=N–C) groups is 1. The molecule has 0 aromatic heterocycles. The van der Waals surface area contributed by atoms with Crippen LogP contribution in [-0.4, -0.2) is 11.1 Å². The number of nitrogens with one attached hydrogen (secondary N) is 1. The minimum Gasteiger partial charge on any atom is -0.508 e. The molecular weight excluding hydrogens is 298 g/mol. The predicted octanol–water partition coefficient (Wildman–Crippen LogP) is 3.76. The number of hydrogen-bond donors (Lipinski definition) is 3. The highest BCUT2D eigenvalue weighted by Crippen LogP contribution is 2.31. The summed E-state index contributed by atoms with van der Waals surface area (Å²) >= 11 is 0. The molecule has 0 saturated heterocycles. The van der Waals surface area contributed by atoms with E-state index in [1.807, 2.05) is 18.2 Å². The van der Waals surface area contributed by atoms with Crippen LogP contribution >= 0.6 is 0 Å². The van der Waals surface area contributed by atoms with Crippen molar-refractivity contribution in [1.82, 2.24) is 0 Å². The zero-order chi connectivity index (χ0) is 16.9. The van der Waals surface area contributed by atoms with Crippen LogP contribution in [0.25, 0.3) is 0 Å². The Labute approximate surface area is 143 Å². The van der Waals surface area contributed by atoms with Gasteiger partial charge in [0.15, 0.2) is 5.96 Å². The first kappa shape index (κ1) is 16.4. The molecule has 0 fully saturated rings. The summed E-state index contributed by atoms with van der Waals surface area (Å²) in [7, 11) is 0. The largest absolute Gasteiger partial charge is 0.508 e. The van der Waals surface area contributed by atoms with Gasteiger partial charge < -0.3 is 16.2 Å². The molecule has 0 bridgehead atoms. The van der Waals surface area contributed by atoms with Crippen LogP contribution < -0.4 is 11.1 Å². The standard InChI is InChI=1S/C20H25N3O/c1-2-14-7-10-16(11-8-14)23-20(21)22-13-18-17-6-4-3-5-15(17)9-12-19(18)24/h7-12,24H,2-6,13H2,1H3,(H3,21,22,23). The van der Waals surface area contributed by atoms with Crippen LogP contribution in [0.5, 0.6) is 5.75 Å². The fraction of sp³-hybridized carbons (Fsp3) is 0.350. The molecule has 0 aliphatic heterocycles. The van der Waals surface area contributed by atoms with E-state index in [0.29, 0.717) is 18.3 Å². The summed E-state index contributed by atoms with van der Waals surface area (Å²) in [6.07, 6.45) is 5.51. The molecule has 0 spiro atoms. The molecule has 4 nitrogen and oxygen atoms in total. The number of anilines is 1. The summed E-state index contributed by atoms with van der Waals surface area (Å²) in [6.45, 7) is 2.53. The van der Waals surface area contributed by atoms with E-state index < -0.39 is 0 Å². The average Bonchev–Trinajstić information content (AvgIpc) is 2.61. The van der Waals surface area contributed by atoms with Gasteiger partial charge >= 0.3 is 0 Å². The van der Waals surface area contributed by atoms with Crippen molar-refractivity contribution >= 4 is 11.6 Å². The Morgan fingerprint density at radius 2 is 1.88 bits per heavy atom. The van der Waals surface area contributed by atoms with Gasteiger partial charge in [0, 0.05) is 11.3 Å². The molecule has 0 amide bonds. The summed E-state index contributed by atoms with van der Waals surface area (Å²) in [5, 5.41) is 13.3. The van der Waals surface area contributed by atoms with E-state index >= 15 is 0 Å². The van der Waals surface area contributed by atoms with Gasteiger partial charge in [-0.15, -0.1) is 0 Å². The number of phenols is 1. The minimum absolute atomic E-state index is 0.319. The highest BCUT2D eigenvalue weighted by molar-refractivity contribution is 5.92. The Hall–Kier alpha value is -2.49. The van der Waals surface area contributed by atoms with Crippen molar-refractivity contribution in [2.45, 2.75) is 45.6 Å². The molecule has 3 rings (SSSR count). The van der Waals surface area contributed by atoms with Gasteiger partial charge in [0.05, 0.1) is 6.54 Å². The molecule has 126 valence electrons. The maximum Gasteiger partial charge on any atom is 0.193 e. The lowest BCUT2D eigenvalue weighted by Crippen LogP contribution is -2.22. The number of nitrogens with zero attached hydrogens (tertiary/aromatic N) is 1. The molecule has 1 aliphatic rings. The van der Waals surface area contributed by atoms with E-state index in [2.05, 4.69) is 29.4 Å². The molecule has 0 saturated carbocycles. The molecule has 2 aromatic rings. The van der Waals surface area contributed by atoms with E-state index in [1.54, 1.807) is 6.07 Å². The van der Waals surface area contributed by atoms with E-state index in [4.69, 9.17) is 5.73 Å². The Bertz CT molecular complexity index is 735. The summed E-state index contributed by atoms with van der Waals surface area (Å²) in [5.41, 5.74) is 11.7. The van der Waals surface area contributed by atoms with Crippen LogP contribution in [0.4, 0.5) is 5.69 Å². The second-order valence-corrected chi connectivity index (χ2v) is 6.28. The Morgan fingerprint density at radius 3 is 2.62 bits per heavy atom. The molecule has 24 heavy (non-hydrogen) atoms. The second kappa shape index (κ2) is 7.39. The maximum absolute atomic E-state index is 10.2. The quantitative estimate of drug-likeness (QED) is 0.592. The number of benzene rings is 2. The van der Waals surface area contributed by atoms with Crippen molar-refractivity contribution in [2.24, 2.45) is 10.7 Å². The number of hydrogen-bond acceptors (Lipinski definition) is 2. The van der Waals surface area contributed by atoms with Gasteiger partial charge in [0.1, 0.15) is 5.75 Å². The monoisotopic (exact) mass is 323 g/mol. The number of fused-ring (bicyclic) bond motifs is 1. The predicted molar refractivity (Wildman–Crippen MR) is 99.5 cm³/mol. The number of aryl methyl sites for hydroxylation is 2.